The van der Waals surface area contributed by atoms with E-state index in [1.54, 1.807) is 5.57 Å². The Morgan fingerprint density at radius 1 is 1.12 bits per heavy atom. The quantitative estimate of drug-likeness (QED) is 0.741. The first-order valence-electron chi connectivity index (χ1n) is 6.64. The maximum absolute atomic E-state index is 10.5. The summed E-state index contributed by atoms with van der Waals surface area (Å²) in [5, 5.41) is 8.67. The van der Waals surface area contributed by atoms with E-state index in [2.05, 4.69) is 6.08 Å². The molecule has 0 aromatic heterocycles. The standard InChI is InChI=1S/C14H20O2/c15-14(16)3-1-2-13-11-5-9-4-10(7-11)8-12(13)6-9/h2,9-12H,1,3-8H2,(H,15,16). The number of carboxylic acids is 1. The summed E-state index contributed by atoms with van der Waals surface area (Å²) in [5.41, 5.74) is 1.63. The summed E-state index contributed by atoms with van der Waals surface area (Å²) in [7, 11) is 0. The molecule has 4 fully saturated rings. The molecule has 1 N–H and O–H groups in total. The zero-order chi connectivity index (χ0) is 11.1. The Labute approximate surface area is 96.7 Å². The van der Waals surface area contributed by atoms with Crippen LogP contribution >= 0.6 is 0 Å². The number of carbonyl (C=O) groups is 1. The molecule has 0 spiro atoms. The topological polar surface area (TPSA) is 37.3 Å². The van der Waals surface area contributed by atoms with E-state index in [4.69, 9.17) is 5.11 Å². The van der Waals surface area contributed by atoms with E-state index in [0.717, 1.165) is 30.1 Å². The zero-order valence-electron chi connectivity index (χ0n) is 9.69. The van der Waals surface area contributed by atoms with Gasteiger partial charge in [0.15, 0.2) is 0 Å². The molecule has 2 nitrogen and oxygen atoms in total. The zero-order valence-corrected chi connectivity index (χ0v) is 9.69. The first-order valence-corrected chi connectivity index (χ1v) is 6.64. The maximum atomic E-state index is 10.5. The van der Waals surface area contributed by atoms with Crippen LogP contribution in [0.1, 0.15) is 44.9 Å². The number of allylic oxidation sites excluding steroid dienone is 2. The molecule has 0 atom stereocenters. The van der Waals surface area contributed by atoms with Crippen molar-refractivity contribution in [2.24, 2.45) is 23.7 Å². The molecule has 4 aliphatic rings. The van der Waals surface area contributed by atoms with Crippen LogP contribution in [0.15, 0.2) is 11.6 Å². The second kappa shape index (κ2) is 3.90. The molecule has 4 saturated carbocycles. The van der Waals surface area contributed by atoms with Gasteiger partial charge >= 0.3 is 5.97 Å². The molecular formula is C14H20O2. The minimum atomic E-state index is -0.666. The lowest BCUT2D eigenvalue weighted by Crippen LogP contribution is -2.40. The Hall–Kier alpha value is -0.790. The highest BCUT2D eigenvalue weighted by Gasteiger charge is 2.44. The van der Waals surface area contributed by atoms with E-state index in [9.17, 15) is 4.79 Å². The van der Waals surface area contributed by atoms with Gasteiger partial charge in [-0.25, -0.2) is 0 Å². The van der Waals surface area contributed by atoms with Crippen LogP contribution < -0.4 is 0 Å². The van der Waals surface area contributed by atoms with Crippen molar-refractivity contribution in [2.75, 3.05) is 0 Å². The summed E-state index contributed by atoms with van der Waals surface area (Å²) in [6.45, 7) is 0. The molecule has 0 radical (unpaired) electrons. The van der Waals surface area contributed by atoms with Crippen molar-refractivity contribution >= 4 is 5.97 Å². The highest BCUT2D eigenvalue weighted by molar-refractivity contribution is 5.66. The normalized spacial score (nSPS) is 40.1. The summed E-state index contributed by atoms with van der Waals surface area (Å²) in [5.74, 6) is 2.98. The monoisotopic (exact) mass is 220 g/mol. The Balaban J connectivity index is 1.69. The van der Waals surface area contributed by atoms with Crippen molar-refractivity contribution in [3.05, 3.63) is 11.6 Å². The van der Waals surface area contributed by atoms with Crippen LogP contribution in [0.25, 0.3) is 0 Å². The van der Waals surface area contributed by atoms with E-state index in [0.29, 0.717) is 6.42 Å². The van der Waals surface area contributed by atoms with Gasteiger partial charge in [-0.3, -0.25) is 4.79 Å². The predicted molar refractivity (Wildman–Crippen MR) is 62.0 cm³/mol. The van der Waals surface area contributed by atoms with Gasteiger partial charge in [0.1, 0.15) is 0 Å². The van der Waals surface area contributed by atoms with Crippen molar-refractivity contribution < 1.29 is 9.90 Å². The Morgan fingerprint density at radius 2 is 1.69 bits per heavy atom. The van der Waals surface area contributed by atoms with Crippen molar-refractivity contribution in [2.45, 2.75) is 44.9 Å². The van der Waals surface area contributed by atoms with Gasteiger partial charge in [-0.15, -0.1) is 0 Å². The van der Waals surface area contributed by atoms with Crippen LogP contribution in [0.4, 0.5) is 0 Å². The lowest BCUT2D eigenvalue weighted by molar-refractivity contribution is -0.136. The largest absolute Gasteiger partial charge is 0.481 e. The van der Waals surface area contributed by atoms with Crippen LogP contribution in [0.3, 0.4) is 0 Å². The van der Waals surface area contributed by atoms with Crippen molar-refractivity contribution in [3.8, 4) is 0 Å². The molecule has 0 amide bonds. The summed E-state index contributed by atoms with van der Waals surface area (Å²) < 4.78 is 0. The minimum absolute atomic E-state index is 0.301. The van der Waals surface area contributed by atoms with Crippen LogP contribution in [0.2, 0.25) is 0 Å². The lowest BCUT2D eigenvalue weighted by Gasteiger charge is -2.51. The molecule has 2 heteroatoms. The predicted octanol–water partition coefficient (Wildman–Crippen LogP) is 3.23. The van der Waals surface area contributed by atoms with Gasteiger partial charge < -0.3 is 5.11 Å². The summed E-state index contributed by atoms with van der Waals surface area (Å²) in [4.78, 5) is 10.5. The molecule has 0 saturated heterocycles. The van der Waals surface area contributed by atoms with Crippen molar-refractivity contribution in [1.29, 1.82) is 0 Å². The fourth-order valence-electron chi connectivity index (χ4n) is 4.42. The molecule has 0 aromatic rings. The molecule has 4 bridgehead atoms. The molecule has 4 aliphatic carbocycles. The highest BCUT2D eigenvalue weighted by atomic mass is 16.4. The molecule has 16 heavy (non-hydrogen) atoms. The molecule has 4 rings (SSSR count). The average molecular weight is 220 g/mol. The molecular weight excluding hydrogens is 200 g/mol. The number of hydrogen-bond acceptors (Lipinski definition) is 1. The van der Waals surface area contributed by atoms with E-state index in [1.165, 1.54) is 32.1 Å². The summed E-state index contributed by atoms with van der Waals surface area (Å²) >= 11 is 0. The molecule has 0 aliphatic heterocycles. The minimum Gasteiger partial charge on any atom is -0.481 e. The Morgan fingerprint density at radius 3 is 2.19 bits per heavy atom. The first-order chi connectivity index (χ1) is 7.72. The van der Waals surface area contributed by atoms with E-state index < -0.39 is 5.97 Å². The van der Waals surface area contributed by atoms with E-state index >= 15 is 0 Å². The summed E-state index contributed by atoms with van der Waals surface area (Å²) in [6, 6.07) is 0. The van der Waals surface area contributed by atoms with E-state index in [1.807, 2.05) is 0 Å². The molecule has 88 valence electrons. The van der Waals surface area contributed by atoms with Gasteiger partial charge in [0.25, 0.3) is 0 Å². The van der Waals surface area contributed by atoms with Gasteiger partial charge in [0, 0.05) is 6.42 Å². The van der Waals surface area contributed by atoms with Crippen LogP contribution in [-0.2, 0) is 4.79 Å². The first kappa shape index (κ1) is 10.4. The third-order valence-electron chi connectivity index (χ3n) is 4.82. The smallest absolute Gasteiger partial charge is 0.303 e. The van der Waals surface area contributed by atoms with Crippen LogP contribution in [-0.4, -0.2) is 11.1 Å². The fourth-order valence-corrected chi connectivity index (χ4v) is 4.42. The van der Waals surface area contributed by atoms with Gasteiger partial charge in [0.05, 0.1) is 0 Å². The second-order valence-electron chi connectivity index (χ2n) is 5.94. The van der Waals surface area contributed by atoms with Crippen molar-refractivity contribution in [1.82, 2.24) is 0 Å². The third-order valence-corrected chi connectivity index (χ3v) is 4.82. The third kappa shape index (κ3) is 1.79. The molecule has 0 heterocycles. The van der Waals surface area contributed by atoms with E-state index in [-0.39, 0.29) is 0 Å². The van der Waals surface area contributed by atoms with Crippen LogP contribution in [0, 0.1) is 23.7 Å². The van der Waals surface area contributed by atoms with Gasteiger partial charge in [-0.1, -0.05) is 11.6 Å². The fraction of sp³-hybridized carbons (Fsp3) is 0.786. The second-order valence-corrected chi connectivity index (χ2v) is 5.94. The Bertz CT molecular complexity index is 300. The lowest BCUT2D eigenvalue weighted by atomic mass is 9.54. The summed E-state index contributed by atoms with van der Waals surface area (Å²) in [6.07, 6.45) is 10.4. The maximum Gasteiger partial charge on any atom is 0.303 e. The number of hydrogen-bond donors (Lipinski definition) is 1. The van der Waals surface area contributed by atoms with Gasteiger partial charge in [-0.2, -0.15) is 0 Å². The van der Waals surface area contributed by atoms with Crippen LogP contribution in [0.5, 0.6) is 0 Å². The SMILES string of the molecule is O=C(O)CCC=C1C2CC3CC(C2)CC1C3. The Kier molecular flexibility index (Phi) is 2.53. The van der Waals surface area contributed by atoms with Gasteiger partial charge in [0.2, 0.25) is 0 Å². The molecule has 0 aromatic carbocycles. The number of rotatable bonds is 3. The number of aliphatic carboxylic acids is 1. The average Bonchev–Trinajstić information content (AvgIpc) is 2.20. The number of carboxylic acid groups (broad SMARTS) is 1. The van der Waals surface area contributed by atoms with Crippen molar-refractivity contribution in [3.63, 3.8) is 0 Å². The van der Waals surface area contributed by atoms with Gasteiger partial charge in [-0.05, 0) is 62.2 Å². The highest BCUT2D eigenvalue weighted by Crippen LogP contribution is 2.56. The molecule has 0 unspecified atom stereocenters.